The molecule has 0 amide bonds. The molecule has 4 rings (SSSR count). The number of nitrogens with zero attached hydrogens (tertiary/aromatic N) is 1. The predicted octanol–water partition coefficient (Wildman–Crippen LogP) is 5.51. The quantitative estimate of drug-likeness (QED) is 0.462. The predicted molar refractivity (Wildman–Crippen MR) is 117 cm³/mol. The number of pyridine rings is 1. The first-order chi connectivity index (χ1) is 14.4. The number of carbonyl (C=O) groups excluding carboxylic acids is 1. The number of benzene rings is 2. The molecule has 1 aromatic heterocycles. The minimum absolute atomic E-state index is 0.0258. The molecule has 1 fully saturated rings. The molecule has 0 spiro atoms. The molecule has 5 nitrogen and oxygen atoms in total. The molecular weight excluding hydrogens is 475 g/mol. The molecule has 1 saturated carbocycles. The van der Waals surface area contributed by atoms with E-state index in [2.05, 4.69) is 21.2 Å². The molecule has 0 unspecified atom stereocenters. The Labute approximate surface area is 185 Å². The Kier molecular flexibility index (Phi) is 5.92. The maximum absolute atomic E-state index is 14.4. The Balaban J connectivity index is 1.77. The normalized spacial score (nSPS) is 13.2. The molecule has 1 aliphatic rings. The van der Waals surface area contributed by atoms with E-state index in [1.807, 2.05) is 30.3 Å². The van der Waals surface area contributed by atoms with Crippen molar-refractivity contribution in [1.29, 1.82) is 0 Å². The molecule has 154 valence electrons. The summed E-state index contributed by atoms with van der Waals surface area (Å²) in [5.74, 6) is -1.17. The molecule has 1 N–H and O–H groups in total. The number of hydrogen-bond acceptors (Lipinski definition) is 4. The summed E-state index contributed by atoms with van der Waals surface area (Å²) in [7, 11) is 0. The van der Waals surface area contributed by atoms with Crippen molar-refractivity contribution < 1.29 is 13.9 Å². The summed E-state index contributed by atoms with van der Waals surface area (Å²) in [5.41, 5.74) is 0.559. The number of ether oxygens (including phenoxy) is 1. The Morgan fingerprint density at radius 1 is 1.23 bits per heavy atom. The largest absolute Gasteiger partial charge is 0.459 e. The van der Waals surface area contributed by atoms with E-state index in [4.69, 9.17) is 16.3 Å². The number of esters is 1. The maximum atomic E-state index is 14.4. The molecule has 1 aliphatic carbocycles. The third-order valence-electron chi connectivity index (χ3n) is 4.63. The van der Waals surface area contributed by atoms with Crippen molar-refractivity contribution in [1.82, 2.24) is 4.57 Å². The third-order valence-corrected chi connectivity index (χ3v) is 5.47. The maximum Gasteiger partial charge on any atom is 0.342 e. The van der Waals surface area contributed by atoms with Crippen molar-refractivity contribution in [2.45, 2.75) is 25.5 Å². The van der Waals surface area contributed by atoms with Gasteiger partial charge >= 0.3 is 5.97 Å². The van der Waals surface area contributed by atoms with Crippen LogP contribution in [0.4, 0.5) is 15.8 Å². The zero-order chi connectivity index (χ0) is 21.3. The summed E-state index contributed by atoms with van der Waals surface area (Å²) in [6, 6.07) is 13.7. The molecule has 0 aliphatic heterocycles. The van der Waals surface area contributed by atoms with Crippen LogP contribution in [-0.4, -0.2) is 16.6 Å². The lowest BCUT2D eigenvalue weighted by Crippen LogP contribution is -2.25. The first-order valence-electron chi connectivity index (χ1n) is 9.32. The number of nitrogens with one attached hydrogen (secondary N) is 1. The van der Waals surface area contributed by atoms with Crippen LogP contribution in [-0.2, 0) is 11.3 Å². The zero-order valence-electron chi connectivity index (χ0n) is 15.7. The van der Waals surface area contributed by atoms with Gasteiger partial charge in [0, 0.05) is 10.7 Å². The number of aromatic nitrogens is 1. The fourth-order valence-corrected chi connectivity index (χ4v) is 3.52. The van der Waals surface area contributed by atoms with Crippen LogP contribution in [0.1, 0.15) is 28.8 Å². The monoisotopic (exact) mass is 490 g/mol. The first-order valence-corrected chi connectivity index (χ1v) is 10.5. The molecule has 8 heteroatoms. The van der Waals surface area contributed by atoms with Crippen molar-refractivity contribution in [2.75, 3.05) is 5.32 Å². The lowest BCUT2D eigenvalue weighted by molar-refractivity contribution is 0.0472. The minimum Gasteiger partial charge on any atom is -0.459 e. The van der Waals surface area contributed by atoms with Gasteiger partial charge in [0.05, 0.1) is 17.9 Å². The van der Waals surface area contributed by atoms with Crippen LogP contribution < -0.4 is 10.9 Å². The van der Waals surface area contributed by atoms with Gasteiger partial charge in [-0.3, -0.25) is 4.79 Å². The van der Waals surface area contributed by atoms with Crippen molar-refractivity contribution in [3.8, 4) is 0 Å². The number of hydrogen-bond donors (Lipinski definition) is 1. The number of halogens is 3. The van der Waals surface area contributed by atoms with E-state index in [0.29, 0.717) is 4.47 Å². The van der Waals surface area contributed by atoms with Crippen molar-refractivity contribution in [2.24, 2.45) is 0 Å². The van der Waals surface area contributed by atoms with E-state index >= 15 is 0 Å². The molecule has 0 saturated heterocycles. The van der Waals surface area contributed by atoms with E-state index in [9.17, 15) is 14.0 Å². The molecule has 2 aromatic carbocycles. The highest BCUT2D eigenvalue weighted by molar-refractivity contribution is 9.10. The van der Waals surface area contributed by atoms with Gasteiger partial charge in [-0.2, -0.15) is 0 Å². The second kappa shape index (κ2) is 8.62. The number of anilines is 2. The second-order valence-electron chi connectivity index (χ2n) is 7.00. The summed E-state index contributed by atoms with van der Waals surface area (Å²) in [5, 5.41) is 2.59. The fourth-order valence-electron chi connectivity index (χ4n) is 2.93. The van der Waals surface area contributed by atoms with Crippen LogP contribution in [0.2, 0.25) is 5.02 Å². The molecule has 0 atom stereocenters. The summed E-state index contributed by atoms with van der Waals surface area (Å²) >= 11 is 9.56. The van der Waals surface area contributed by atoms with E-state index in [-0.39, 0.29) is 34.6 Å². The molecule has 30 heavy (non-hydrogen) atoms. The van der Waals surface area contributed by atoms with Gasteiger partial charge < -0.3 is 14.6 Å². The number of rotatable bonds is 6. The highest BCUT2D eigenvalue weighted by atomic mass is 79.9. The van der Waals surface area contributed by atoms with Gasteiger partial charge in [0.15, 0.2) is 0 Å². The Morgan fingerprint density at radius 3 is 2.63 bits per heavy atom. The molecular formula is C22H17BrClFN2O3. The van der Waals surface area contributed by atoms with Crippen molar-refractivity contribution in [3.63, 3.8) is 0 Å². The average molecular weight is 492 g/mol. The van der Waals surface area contributed by atoms with Crippen molar-refractivity contribution in [3.05, 3.63) is 91.5 Å². The molecule has 1 heterocycles. The van der Waals surface area contributed by atoms with Gasteiger partial charge in [0.1, 0.15) is 22.5 Å². The fraction of sp³-hybridized carbons (Fsp3) is 0.182. The highest BCUT2D eigenvalue weighted by Gasteiger charge is 2.29. The highest BCUT2D eigenvalue weighted by Crippen LogP contribution is 2.32. The Bertz CT molecular complexity index is 1160. The van der Waals surface area contributed by atoms with E-state index in [1.54, 1.807) is 6.07 Å². The molecule has 0 radical (unpaired) electrons. The van der Waals surface area contributed by atoms with E-state index in [0.717, 1.165) is 18.4 Å². The lowest BCUT2D eigenvalue weighted by atomic mass is 10.2. The average Bonchev–Trinajstić information content (AvgIpc) is 3.54. The standard InChI is InChI=1S/C22H17BrClFN2O3/c23-14-6-9-18(17(25)10-14)26-20-16(22(29)30-15-7-8-15)12-27(21(28)19(20)24)11-13-4-2-1-3-5-13/h1-6,9-10,12,15,26H,7-8,11H2. The smallest absolute Gasteiger partial charge is 0.342 e. The van der Waals surface area contributed by atoms with E-state index < -0.39 is 17.3 Å². The molecule has 3 aromatic rings. The zero-order valence-corrected chi connectivity index (χ0v) is 18.0. The van der Waals surface area contributed by atoms with Gasteiger partial charge in [0.2, 0.25) is 0 Å². The Hall–Kier alpha value is -2.64. The van der Waals surface area contributed by atoms with Crippen LogP contribution >= 0.6 is 27.5 Å². The van der Waals surface area contributed by atoms with Crippen LogP contribution in [0.25, 0.3) is 0 Å². The summed E-state index contributed by atoms with van der Waals surface area (Å²) < 4.78 is 21.7. The Morgan fingerprint density at radius 2 is 1.97 bits per heavy atom. The summed E-state index contributed by atoms with van der Waals surface area (Å²) in [6.45, 7) is 0.232. The summed E-state index contributed by atoms with van der Waals surface area (Å²) in [4.78, 5) is 25.6. The van der Waals surface area contributed by atoms with Crippen LogP contribution in [0.5, 0.6) is 0 Å². The third kappa shape index (κ3) is 4.57. The van der Waals surface area contributed by atoms with Crippen LogP contribution in [0.15, 0.2) is 64.0 Å². The summed E-state index contributed by atoms with van der Waals surface area (Å²) in [6.07, 6.45) is 2.87. The van der Waals surface area contributed by atoms with Gasteiger partial charge in [0.25, 0.3) is 5.56 Å². The number of carbonyl (C=O) groups is 1. The SMILES string of the molecule is O=C(OC1CC1)c1cn(Cc2ccccc2)c(=O)c(Cl)c1Nc1ccc(Br)cc1F. The topological polar surface area (TPSA) is 60.3 Å². The van der Waals surface area contributed by atoms with Gasteiger partial charge in [-0.1, -0.05) is 57.9 Å². The second-order valence-corrected chi connectivity index (χ2v) is 8.30. The van der Waals surface area contributed by atoms with Gasteiger partial charge in [-0.15, -0.1) is 0 Å². The van der Waals surface area contributed by atoms with E-state index in [1.165, 1.54) is 22.9 Å². The lowest BCUT2D eigenvalue weighted by Gasteiger charge is -2.17. The minimum atomic E-state index is -0.610. The van der Waals surface area contributed by atoms with Crippen LogP contribution in [0.3, 0.4) is 0 Å². The van der Waals surface area contributed by atoms with Crippen molar-refractivity contribution >= 4 is 44.9 Å². The van der Waals surface area contributed by atoms with Gasteiger partial charge in [-0.05, 0) is 36.6 Å². The van der Waals surface area contributed by atoms with Crippen LogP contribution in [0, 0.1) is 5.82 Å². The first kappa shape index (κ1) is 20.6. The molecule has 0 bridgehead atoms. The van der Waals surface area contributed by atoms with Gasteiger partial charge in [-0.25, -0.2) is 9.18 Å².